The van der Waals surface area contributed by atoms with Crippen LogP contribution in [0, 0.1) is 17.8 Å². The maximum absolute atomic E-state index is 8.96. The molecule has 1 saturated carbocycles. The molecule has 1 fully saturated rings. The van der Waals surface area contributed by atoms with Crippen LogP contribution in [0.5, 0.6) is 0 Å². The van der Waals surface area contributed by atoms with E-state index in [2.05, 4.69) is 13.8 Å². The molecule has 66 valence electrons. The van der Waals surface area contributed by atoms with Crippen LogP contribution in [0.3, 0.4) is 0 Å². The molecule has 1 aliphatic rings. The van der Waals surface area contributed by atoms with E-state index in [0.717, 1.165) is 6.42 Å². The summed E-state index contributed by atoms with van der Waals surface area (Å²) in [5.74, 6) is 1.66. The molecule has 1 aliphatic carbocycles. The Morgan fingerprint density at radius 1 is 1.45 bits per heavy atom. The zero-order chi connectivity index (χ0) is 8.43. The van der Waals surface area contributed by atoms with E-state index in [9.17, 15) is 0 Å². The van der Waals surface area contributed by atoms with Crippen molar-refractivity contribution in [1.82, 2.24) is 0 Å². The third-order valence-electron chi connectivity index (χ3n) is 3.00. The molecule has 3 atom stereocenters. The minimum Gasteiger partial charge on any atom is -0.396 e. The fourth-order valence-electron chi connectivity index (χ4n) is 2.13. The van der Waals surface area contributed by atoms with E-state index in [0.29, 0.717) is 17.8 Å². The van der Waals surface area contributed by atoms with Gasteiger partial charge in [0.1, 0.15) is 0 Å². The summed E-state index contributed by atoms with van der Waals surface area (Å²) in [6.45, 7) is 4.69. The molecule has 0 spiro atoms. The van der Waals surface area contributed by atoms with E-state index in [1.165, 1.54) is 6.42 Å². The highest BCUT2D eigenvalue weighted by atomic mass is 16.3. The van der Waals surface area contributed by atoms with Crippen molar-refractivity contribution in [3.63, 3.8) is 0 Å². The molecule has 0 amide bonds. The summed E-state index contributed by atoms with van der Waals surface area (Å²) in [7, 11) is 0. The number of rotatable bonds is 2. The maximum Gasteiger partial charge on any atom is 0.0474 e. The van der Waals surface area contributed by atoms with Crippen LogP contribution in [0.2, 0.25) is 0 Å². The van der Waals surface area contributed by atoms with Gasteiger partial charge in [0.2, 0.25) is 0 Å². The van der Waals surface area contributed by atoms with Crippen molar-refractivity contribution in [3.8, 4) is 0 Å². The molecule has 2 heteroatoms. The summed E-state index contributed by atoms with van der Waals surface area (Å²) in [5, 5.41) is 8.96. The van der Waals surface area contributed by atoms with Gasteiger partial charge >= 0.3 is 0 Å². The molecule has 0 radical (unpaired) electrons. The summed E-state index contributed by atoms with van der Waals surface area (Å²) in [5.41, 5.74) is 5.97. The fourth-order valence-corrected chi connectivity index (χ4v) is 2.13. The van der Waals surface area contributed by atoms with Gasteiger partial charge in [-0.3, -0.25) is 0 Å². The average Bonchev–Trinajstić information content (AvgIpc) is 2.30. The summed E-state index contributed by atoms with van der Waals surface area (Å²) < 4.78 is 0. The van der Waals surface area contributed by atoms with Gasteiger partial charge in [-0.15, -0.1) is 0 Å². The first-order chi connectivity index (χ1) is 5.16. The number of nitrogens with two attached hydrogens (primary N) is 1. The molecule has 1 rings (SSSR count). The van der Waals surface area contributed by atoms with Gasteiger partial charge in [-0.05, 0) is 30.6 Å². The van der Waals surface area contributed by atoms with Gasteiger partial charge in [-0.25, -0.2) is 0 Å². The Labute approximate surface area is 68.8 Å². The molecule has 0 aromatic carbocycles. The largest absolute Gasteiger partial charge is 0.396 e. The van der Waals surface area contributed by atoms with Gasteiger partial charge in [0.15, 0.2) is 0 Å². The Bertz CT molecular complexity index is 125. The second-order valence-corrected chi connectivity index (χ2v) is 4.01. The third kappa shape index (κ3) is 1.74. The lowest BCUT2D eigenvalue weighted by Crippen LogP contribution is -2.35. The van der Waals surface area contributed by atoms with Gasteiger partial charge in [-0.1, -0.05) is 13.8 Å². The molecule has 0 bridgehead atoms. The lowest BCUT2D eigenvalue weighted by molar-refractivity contribution is 0.204. The molecular weight excluding hydrogens is 138 g/mol. The first-order valence-electron chi connectivity index (χ1n) is 4.53. The van der Waals surface area contributed by atoms with Crippen LogP contribution in [0.4, 0.5) is 0 Å². The van der Waals surface area contributed by atoms with Gasteiger partial charge in [-0.2, -0.15) is 0 Å². The van der Waals surface area contributed by atoms with Crippen LogP contribution in [-0.4, -0.2) is 17.8 Å². The lowest BCUT2D eigenvalue weighted by atomic mass is 9.89. The van der Waals surface area contributed by atoms with E-state index < -0.39 is 0 Å². The van der Waals surface area contributed by atoms with E-state index in [-0.39, 0.29) is 12.6 Å². The molecule has 0 aromatic rings. The van der Waals surface area contributed by atoms with Crippen LogP contribution >= 0.6 is 0 Å². The standard InChI is InChI=1S/C9H19NO/c1-6(2)8-4-3-7(5-11)9(8)10/h6-9,11H,3-5,10H2,1-2H3/t7-,8-,9+/m0/s1. The van der Waals surface area contributed by atoms with Gasteiger partial charge in [0.05, 0.1) is 0 Å². The van der Waals surface area contributed by atoms with Crippen LogP contribution in [0.25, 0.3) is 0 Å². The predicted molar refractivity (Wildman–Crippen MR) is 46.1 cm³/mol. The highest BCUT2D eigenvalue weighted by molar-refractivity contribution is 4.88. The molecule has 3 N–H and O–H groups in total. The van der Waals surface area contributed by atoms with Crippen LogP contribution in [0.15, 0.2) is 0 Å². The molecule has 11 heavy (non-hydrogen) atoms. The molecule has 0 saturated heterocycles. The van der Waals surface area contributed by atoms with Crippen molar-refractivity contribution >= 4 is 0 Å². The zero-order valence-electron chi connectivity index (χ0n) is 7.46. The Morgan fingerprint density at radius 2 is 2.09 bits per heavy atom. The SMILES string of the molecule is CC(C)[C@@H]1CC[C@@H](CO)[C@H]1N. The fraction of sp³-hybridized carbons (Fsp3) is 1.00. The topological polar surface area (TPSA) is 46.2 Å². The lowest BCUT2D eigenvalue weighted by Gasteiger charge is -2.22. The summed E-state index contributed by atoms with van der Waals surface area (Å²) in [6.07, 6.45) is 2.31. The Kier molecular flexibility index (Phi) is 2.90. The molecule has 0 aromatic heterocycles. The van der Waals surface area contributed by atoms with Crippen LogP contribution in [-0.2, 0) is 0 Å². The molecular formula is C9H19NO. The number of hydrogen-bond donors (Lipinski definition) is 2. The molecule has 2 nitrogen and oxygen atoms in total. The second-order valence-electron chi connectivity index (χ2n) is 4.01. The van der Waals surface area contributed by atoms with Crippen LogP contribution < -0.4 is 5.73 Å². The molecule has 0 unspecified atom stereocenters. The van der Waals surface area contributed by atoms with E-state index in [4.69, 9.17) is 10.8 Å². The first-order valence-corrected chi connectivity index (χ1v) is 4.53. The second kappa shape index (κ2) is 3.55. The highest BCUT2D eigenvalue weighted by Gasteiger charge is 2.34. The van der Waals surface area contributed by atoms with Gasteiger partial charge in [0, 0.05) is 12.6 Å². The van der Waals surface area contributed by atoms with E-state index >= 15 is 0 Å². The maximum atomic E-state index is 8.96. The molecule has 0 aliphatic heterocycles. The van der Waals surface area contributed by atoms with Crippen molar-refractivity contribution in [1.29, 1.82) is 0 Å². The van der Waals surface area contributed by atoms with Gasteiger partial charge < -0.3 is 10.8 Å². The third-order valence-corrected chi connectivity index (χ3v) is 3.00. The number of aliphatic hydroxyl groups excluding tert-OH is 1. The van der Waals surface area contributed by atoms with E-state index in [1.54, 1.807) is 0 Å². The summed E-state index contributed by atoms with van der Waals surface area (Å²) >= 11 is 0. The van der Waals surface area contributed by atoms with Crippen molar-refractivity contribution in [3.05, 3.63) is 0 Å². The van der Waals surface area contributed by atoms with Gasteiger partial charge in [0.25, 0.3) is 0 Å². The van der Waals surface area contributed by atoms with Crippen LogP contribution in [0.1, 0.15) is 26.7 Å². The Balaban J connectivity index is 2.48. The average molecular weight is 157 g/mol. The Morgan fingerprint density at radius 3 is 2.36 bits per heavy atom. The minimum atomic E-state index is 0.236. The Hall–Kier alpha value is -0.0800. The number of hydrogen-bond acceptors (Lipinski definition) is 2. The predicted octanol–water partition coefficient (Wildman–Crippen LogP) is 0.988. The quantitative estimate of drug-likeness (QED) is 0.628. The van der Waals surface area contributed by atoms with Crippen molar-refractivity contribution in [2.75, 3.05) is 6.61 Å². The van der Waals surface area contributed by atoms with Crippen molar-refractivity contribution in [2.45, 2.75) is 32.7 Å². The first kappa shape index (κ1) is 9.01. The normalized spacial score (nSPS) is 38.5. The monoisotopic (exact) mass is 157 g/mol. The zero-order valence-corrected chi connectivity index (χ0v) is 7.46. The highest BCUT2D eigenvalue weighted by Crippen LogP contribution is 2.34. The number of aliphatic hydroxyl groups is 1. The van der Waals surface area contributed by atoms with Crippen molar-refractivity contribution in [2.24, 2.45) is 23.5 Å². The summed E-state index contributed by atoms with van der Waals surface area (Å²) in [4.78, 5) is 0. The van der Waals surface area contributed by atoms with E-state index in [1.807, 2.05) is 0 Å². The minimum absolute atomic E-state index is 0.236. The smallest absolute Gasteiger partial charge is 0.0474 e. The van der Waals surface area contributed by atoms with Crippen molar-refractivity contribution < 1.29 is 5.11 Å². The summed E-state index contributed by atoms with van der Waals surface area (Å²) in [6, 6.07) is 0.236. The molecule has 0 heterocycles.